The lowest BCUT2D eigenvalue weighted by molar-refractivity contribution is 0.105. The molecule has 0 radical (unpaired) electrons. The Hall–Kier alpha value is -2.61. The number of amides is 1. The molecular weight excluding hydrogens is 362 g/mol. The molecule has 0 aromatic carbocycles. The number of nitrogens with zero attached hydrogens (tertiary/aromatic N) is 4. The van der Waals surface area contributed by atoms with E-state index in [1.165, 1.54) is 4.88 Å². The third-order valence-electron chi connectivity index (χ3n) is 4.91. The van der Waals surface area contributed by atoms with Crippen LogP contribution in [-0.2, 0) is 4.74 Å². The number of piperazine rings is 1. The monoisotopic (exact) mass is 385 g/mol. The van der Waals surface area contributed by atoms with Crippen molar-refractivity contribution in [3.63, 3.8) is 0 Å². The third-order valence-corrected chi connectivity index (χ3v) is 6.02. The molecule has 3 aromatic heterocycles. The van der Waals surface area contributed by atoms with Gasteiger partial charge in [-0.15, -0.1) is 11.3 Å². The van der Waals surface area contributed by atoms with Gasteiger partial charge in [0.25, 0.3) is 0 Å². The number of ether oxygens (including phenoxy) is 1. The van der Waals surface area contributed by atoms with E-state index in [1.54, 1.807) is 16.2 Å². The molecule has 0 saturated carbocycles. The van der Waals surface area contributed by atoms with E-state index >= 15 is 0 Å². The van der Waals surface area contributed by atoms with Gasteiger partial charge in [-0.1, -0.05) is 0 Å². The predicted octanol–water partition coefficient (Wildman–Crippen LogP) is 3.58. The van der Waals surface area contributed by atoms with Gasteiger partial charge >= 0.3 is 6.09 Å². The summed E-state index contributed by atoms with van der Waals surface area (Å²) in [5.41, 5.74) is 4.06. The largest absolute Gasteiger partial charge is 0.450 e. The van der Waals surface area contributed by atoms with Crippen LogP contribution in [0.5, 0.6) is 0 Å². The van der Waals surface area contributed by atoms with E-state index in [0.29, 0.717) is 19.7 Å². The maximum atomic E-state index is 11.9. The van der Waals surface area contributed by atoms with E-state index in [-0.39, 0.29) is 6.09 Å². The first-order valence-electron chi connectivity index (χ1n) is 9.15. The van der Waals surface area contributed by atoms with Crippen LogP contribution in [0.4, 0.5) is 10.5 Å². The van der Waals surface area contributed by atoms with Crippen molar-refractivity contribution in [2.75, 3.05) is 37.7 Å². The van der Waals surface area contributed by atoms with Gasteiger partial charge in [-0.25, -0.2) is 14.8 Å². The number of thiazole rings is 1. The average Bonchev–Trinajstić information content (AvgIpc) is 3.25. The van der Waals surface area contributed by atoms with Gasteiger partial charge in [0.1, 0.15) is 10.7 Å². The van der Waals surface area contributed by atoms with Crippen LogP contribution >= 0.6 is 11.3 Å². The topological polar surface area (TPSA) is 74.3 Å². The van der Waals surface area contributed by atoms with Crippen LogP contribution in [0.15, 0.2) is 18.3 Å². The summed E-state index contributed by atoms with van der Waals surface area (Å²) in [4.78, 5) is 29.7. The second-order valence-corrected chi connectivity index (χ2v) is 7.81. The molecule has 27 heavy (non-hydrogen) atoms. The van der Waals surface area contributed by atoms with Gasteiger partial charge in [-0.3, -0.25) is 0 Å². The molecule has 1 saturated heterocycles. The molecule has 4 rings (SSSR count). The van der Waals surface area contributed by atoms with Crippen molar-refractivity contribution >= 4 is 34.2 Å². The Morgan fingerprint density at radius 2 is 2.07 bits per heavy atom. The Kier molecular flexibility index (Phi) is 4.73. The van der Waals surface area contributed by atoms with Gasteiger partial charge in [-0.2, -0.15) is 0 Å². The summed E-state index contributed by atoms with van der Waals surface area (Å²) in [6.07, 6.45) is 1.60. The number of aryl methyl sites for hydroxylation is 2. The van der Waals surface area contributed by atoms with Gasteiger partial charge in [0.15, 0.2) is 0 Å². The van der Waals surface area contributed by atoms with Crippen LogP contribution < -0.4 is 4.90 Å². The van der Waals surface area contributed by atoms with Crippen molar-refractivity contribution in [1.82, 2.24) is 19.9 Å². The molecule has 7 nitrogen and oxygen atoms in total. The first kappa shape index (κ1) is 17.8. The fourth-order valence-electron chi connectivity index (χ4n) is 3.34. The fraction of sp³-hybridized carbons (Fsp3) is 0.421. The molecule has 1 aliphatic heterocycles. The van der Waals surface area contributed by atoms with E-state index in [9.17, 15) is 4.79 Å². The summed E-state index contributed by atoms with van der Waals surface area (Å²) in [5, 5.41) is 2.07. The Bertz CT molecular complexity index is 952. The summed E-state index contributed by atoms with van der Waals surface area (Å²) < 4.78 is 5.10. The Balaban J connectivity index is 1.59. The van der Waals surface area contributed by atoms with E-state index in [1.807, 2.05) is 26.1 Å². The number of rotatable bonds is 3. The number of hydrogen-bond donors (Lipinski definition) is 1. The molecule has 8 heteroatoms. The molecule has 4 heterocycles. The highest BCUT2D eigenvalue weighted by Gasteiger charge is 2.23. The molecule has 0 bridgehead atoms. The minimum absolute atomic E-state index is 0.226. The maximum Gasteiger partial charge on any atom is 0.409 e. The smallest absolute Gasteiger partial charge is 0.409 e. The van der Waals surface area contributed by atoms with Crippen LogP contribution in [0.25, 0.3) is 21.7 Å². The minimum Gasteiger partial charge on any atom is -0.450 e. The number of pyridine rings is 1. The molecule has 0 unspecified atom stereocenters. The van der Waals surface area contributed by atoms with Crippen LogP contribution in [-0.4, -0.2) is 58.7 Å². The molecule has 0 atom stereocenters. The van der Waals surface area contributed by atoms with Crippen LogP contribution in [0.3, 0.4) is 0 Å². The van der Waals surface area contributed by atoms with E-state index in [0.717, 1.165) is 46.2 Å². The van der Waals surface area contributed by atoms with Crippen molar-refractivity contribution in [1.29, 1.82) is 0 Å². The second kappa shape index (κ2) is 7.19. The molecule has 1 fully saturated rings. The number of nitrogens with one attached hydrogen (secondary N) is 1. The summed E-state index contributed by atoms with van der Waals surface area (Å²) >= 11 is 1.69. The zero-order valence-electron chi connectivity index (χ0n) is 15.8. The lowest BCUT2D eigenvalue weighted by atomic mass is 10.2. The standard InChI is InChI=1S/C19H23N5O2S/c1-4-26-19(25)24-9-7-23(8-10-24)16-5-6-20-17-14(16)11-15(22-17)18-21-12(2)13(3)27-18/h5-6,11H,4,7-10H2,1-3H3,(H,20,22). The normalized spacial score (nSPS) is 14.8. The maximum absolute atomic E-state index is 11.9. The number of aromatic amines is 1. The molecular formula is C19H23N5O2S. The molecule has 142 valence electrons. The summed E-state index contributed by atoms with van der Waals surface area (Å²) in [6.45, 7) is 9.22. The highest BCUT2D eigenvalue weighted by Crippen LogP contribution is 2.33. The van der Waals surface area contributed by atoms with Crippen LogP contribution in [0.2, 0.25) is 0 Å². The third kappa shape index (κ3) is 3.37. The van der Waals surface area contributed by atoms with Gasteiger partial charge in [0.05, 0.1) is 18.0 Å². The molecule has 1 amide bonds. The minimum atomic E-state index is -0.226. The SMILES string of the molecule is CCOC(=O)N1CCN(c2ccnc3[nH]c(-c4nc(C)c(C)s4)cc23)CC1. The number of carbonyl (C=O) groups is 1. The van der Waals surface area contributed by atoms with Crippen LogP contribution in [0.1, 0.15) is 17.5 Å². The van der Waals surface area contributed by atoms with Gasteiger partial charge in [0.2, 0.25) is 0 Å². The molecule has 0 aliphatic carbocycles. The molecule has 3 aromatic rings. The molecule has 1 N–H and O–H groups in total. The fourth-order valence-corrected chi connectivity index (χ4v) is 4.22. The van der Waals surface area contributed by atoms with Crippen molar-refractivity contribution in [2.45, 2.75) is 20.8 Å². The number of carbonyl (C=O) groups excluding carboxylic acids is 1. The highest BCUT2D eigenvalue weighted by atomic mass is 32.1. The first-order chi connectivity index (χ1) is 13.1. The van der Waals surface area contributed by atoms with Crippen molar-refractivity contribution in [2.24, 2.45) is 0 Å². The van der Waals surface area contributed by atoms with Crippen molar-refractivity contribution in [3.05, 3.63) is 28.9 Å². The predicted molar refractivity (Wildman–Crippen MR) is 107 cm³/mol. The lowest BCUT2D eigenvalue weighted by Gasteiger charge is -2.35. The number of anilines is 1. The van der Waals surface area contributed by atoms with Crippen molar-refractivity contribution in [3.8, 4) is 10.7 Å². The molecule has 0 spiro atoms. The van der Waals surface area contributed by atoms with Crippen LogP contribution in [0, 0.1) is 13.8 Å². The Morgan fingerprint density at radius 1 is 1.30 bits per heavy atom. The zero-order chi connectivity index (χ0) is 19.0. The Morgan fingerprint density at radius 3 is 2.74 bits per heavy atom. The Labute approximate surface area is 162 Å². The summed E-state index contributed by atoms with van der Waals surface area (Å²) in [5.74, 6) is 0. The van der Waals surface area contributed by atoms with Gasteiger partial charge in [-0.05, 0) is 32.9 Å². The number of aromatic nitrogens is 3. The molecule has 1 aliphatic rings. The highest BCUT2D eigenvalue weighted by molar-refractivity contribution is 7.15. The van der Waals surface area contributed by atoms with E-state index < -0.39 is 0 Å². The zero-order valence-corrected chi connectivity index (χ0v) is 16.6. The summed E-state index contributed by atoms with van der Waals surface area (Å²) in [6, 6.07) is 4.17. The van der Waals surface area contributed by atoms with Gasteiger partial charge < -0.3 is 19.5 Å². The number of H-pyrrole nitrogens is 1. The average molecular weight is 385 g/mol. The van der Waals surface area contributed by atoms with E-state index in [4.69, 9.17) is 4.74 Å². The summed E-state index contributed by atoms with van der Waals surface area (Å²) in [7, 11) is 0. The van der Waals surface area contributed by atoms with Crippen molar-refractivity contribution < 1.29 is 9.53 Å². The number of hydrogen-bond acceptors (Lipinski definition) is 6. The van der Waals surface area contributed by atoms with Gasteiger partial charge in [0, 0.05) is 48.3 Å². The first-order valence-corrected chi connectivity index (χ1v) is 9.97. The van der Waals surface area contributed by atoms with E-state index in [2.05, 4.69) is 32.8 Å². The number of fused-ring (bicyclic) bond motifs is 1. The quantitative estimate of drug-likeness (QED) is 0.746. The lowest BCUT2D eigenvalue weighted by Crippen LogP contribution is -2.49. The second-order valence-electron chi connectivity index (χ2n) is 6.61.